The normalized spacial score (nSPS) is 21.6. The predicted octanol–water partition coefficient (Wildman–Crippen LogP) is 3.43. The molecule has 0 aliphatic carbocycles. The summed E-state index contributed by atoms with van der Waals surface area (Å²) in [7, 11) is 0. The zero-order valence-electron chi connectivity index (χ0n) is 8.75. The number of benzene rings is 1. The highest BCUT2D eigenvalue weighted by Gasteiger charge is 2.46. The van der Waals surface area contributed by atoms with E-state index in [4.69, 9.17) is 0 Å². The lowest BCUT2D eigenvalue weighted by atomic mass is 10.00. The number of ether oxygens (including phenoxy) is 1. The summed E-state index contributed by atoms with van der Waals surface area (Å²) in [5.41, 5.74) is -0.00708. The molecule has 0 bridgehead atoms. The van der Waals surface area contributed by atoms with Crippen LogP contribution in [0.2, 0.25) is 0 Å². The minimum atomic E-state index is -3.27. The Labute approximate surface area is 115 Å². The first-order chi connectivity index (χ1) is 7.90. The molecule has 0 aromatic heterocycles. The fourth-order valence-corrected chi connectivity index (χ4v) is 1.78. The molecule has 1 N–H and O–H groups in total. The van der Waals surface area contributed by atoms with E-state index in [-0.39, 0.29) is 22.4 Å². The second-order valence-electron chi connectivity index (χ2n) is 3.59. The molecule has 0 spiro atoms. The summed E-state index contributed by atoms with van der Waals surface area (Å²) in [6, 6.07) is 2.00. The van der Waals surface area contributed by atoms with Crippen LogP contribution in [-0.2, 0) is 4.74 Å². The Hall–Kier alpha value is -0.950. The van der Waals surface area contributed by atoms with Crippen LogP contribution in [0.15, 0.2) is 22.7 Å². The van der Waals surface area contributed by atoms with Crippen molar-refractivity contribution >= 4 is 34.4 Å². The van der Waals surface area contributed by atoms with E-state index in [1.54, 1.807) is 0 Å². The first kappa shape index (κ1) is 15.1. The van der Waals surface area contributed by atoms with E-state index in [1.165, 1.54) is 12.1 Å². The van der Waals surface area contributed by atoms with E-state index in [0.717, 1.165) is 6.07 Å². The lowest BCUT2D eigenvalue weighted by molar-refractivity contribution is -0.104. The number of alkyl carbamates (subject to hydrolysis) is 1. The molecule has 1 aliphatic heterocycles. The quantitative estimate of drug-likeness (QED) is 0.846. The minimum absolute atomic E-state index is 0. The number of alkyl halides is 2. The van der Waals surface area contributed by atoms with Gasteiger partial charge in [-0.1, -0.05) is 6.07 Å². The van der Waals surface area contributed by atoms with Gasteiger partial charge in [0.2, 0.25) is 0 Å². The lowest BCUT2D eigenvalue weighted by Gasteiger charge is -2.31. The number of carbonyl (C=O) groups is 1. The molecule has 1 heterocycles. The Bertz CT molecular complexity index is 472. The third kappa shape index (κ3) is 2.89. The molecule has 0 saturated carbocycles. The average molecular weight is 347 g/mol. The average Bonchev–Trinajstić information content (AvgIpc) is 2.26. The highest BCUT2D eigenvalue weighted by atomic mass is 79.9. The molecular formula is C10H8BrClF3NO2. The molecule has 2 rings (SSSR count). The number of carbonyl (C=O) groups excluding carboxylic acids is 1. The van der Waals surface area contributed by atoms with Crippen LogP contribution in [0.1, 0.15) is 11.6 Å². The van der Waals surface area contributed by atoms with E-state index in [2.05, 4.69) is 20.7 Å². The summed E-state index contributed by atoms with van der Waals surface area (Å²) in [6.07, 6.45) is -0.941. The van der Waals surface area contributed by atoms with Crippen molar-refractivity contribution in [1.82, 2.24) is 5.32 Å². The molecule has 1 amide bonds. The van der Waals surface area contributed by atoms with Crippen molar-refractivity contribution in [3.63, 3.8) is 0 Å². The van der Waals surface area contributed by atoms with E-state index < -0.39 is 30.5 Å². The Kier molecular flexibility index (Phi) is 4.50. The molecule has 8 heteroatoms. The zero-order valence-corrected chi connectivity index (χ0v) is 11.2. The standard InChI is InChI=1S/C10H7BrF3NO2.ClH/c11-6-2-1-5(3-7(6)12)8-10(13,14)4-17-9(16)15-8;/h1-3,8H,4H2,(H,15,16);1H/t8-;/m1./s1. The van der Waals surface area contributed by atoms with Gasteiger partial charge < -0.3 is 10.1 Å². The van der Waals surface area contributed by atoms with E-state index in [0.29, 0.717) is 0 Å². The second kappa shape index (κ2) is 5.36. The molecule has 0 unspecified atom stereocenters. The Morgan fingerprint density at radius 1 is 1.44 bits per heavy atom. The number of halogens is 5. The van der Waals surface area contributed by atoms with Gasteiger partial charge in [0.25, 0.3) is 0 Å². The molecule has 1 aliphatic rings. The summed E-state index contributed by atoms with van der Waals surface area (Å²) in [5, 5.41) is 1.98. The largest absolute Gasteiger partial charge is 0.443 e. The maximum Gasteiger partial charge on any atom is 0.408 e. The van der Waals surface area contributed by atoms with Crippen LogP contribution in [-0.4, -0.2) is 18.6 Å². The summed E-state index contributed by atoms with van der Waals surface area (Å²) in [4.78, 5) is 10.9. The van der Waals surface area contributed by atoms with Crippen molar-refractivity contribution in [1.29, 1.82) is 0 Å². The van der Waals surface area contributed by atoms with Crippen molar-refractivity contribution in [3.8, 4) is 0 Å². The van der Waals surface area contributed by atoms with E-state index >= 15 is 0 Å². The van der Waals surface area contributed by atoms with Crippen molar-refractivity contribution < 1.29 is 22.7 Å². The zero-order chi connectivity index (χ0) is 12.6. The monoisotopic (exact) mass is 345 g/mol. The molecule has 1 aromatic rings. The molecule has 100 valence electrons. The SMILES string of the molecule is Cl.O=C1N[C@H](c2ccc(Br)c(F)c2)C(F)(F)CO1. The number of nitrogens with one attached hydrogen (secondary N) is 1. The van der Waals surface area contributed by atoms with Crippen molar-refractivity contribution in [2.24, 2.45) is 0 Å². The van der Waals surface area contributed by atoms with Crippen LogP contribution in [0, 0.1) is 5.82 Å². The predicted molar refractivity (Wildman–Crippen MR) is 63.5 cm³/mol. The Morgan fingerprint density at radius 3 is 2.72 bits per heavy atom. The van der Waals surface area contributed by atoms with Gasteiger partial charge in [0.1, 0.15) is 11.9 Å². The van der Waals surface area contributed by atoms with Gasteiger partial charge in [0.15, 0.2) is 6.61 Å². The highest BCUT2D eigenvalue weighted by molar-refractivity contribution is 9.10. The summed E-state index contributed by atoms with van der Waals surface area (Å²) < 4.78 is 44.6. The Balaban J connectivity index is 0.00000162. The Morgan fingerprint density at radius 2 is 2.11 bits per heavy atom. The first-order valence-electron chi connectivity index (χ1n) is 4.66. The van der Waals surface area contributed by atoms with Gasteiger partial charge in [-0.15, -0.1) is 12.4 Å². The third-order valence-electron chi connectivity index (χ3n) is 2.36. The molecule has 1 aromatic carbocycles. The van der Waals surface area contributed by atoms with Crippen LogP contribution >= 0.6 is 28.3 Å². The number of hydrogen-bond acceptors (Lipinski definition) is 2. The maximum atomic E-state index is 13.5. The summed E-state index contributed by atoms with van der Waals surface area (Å²) in [6.45, 7) is -1.01. The van der Waals surface area contributed by atoms with Gasteiger partial charge in [-0.25, -0.2) is 18.0 Å². The van der Waals surface area contributed by atoms with Gasteiger partial charge in [-0.05, 0) is 33.6 Å². The maximum absolute atomic E-state index is 13.5. The lowest BCUT2D eigenvalue weighted by Crippen LogP contribution is -2.49. The van der Waals surface area contributed by atoms with Crippen LogP contribution in [0.3, 0.4) is 0 Å². The topological polar surface area (TPSA) is 38.3 Å². The van der Waals surface area contributed by atoms with Crippen LogP contribution < -0.4 is 5.32 Å². The van der Waals surface area contributed by atoms with Gasteiger partial charge in [-0.2, -0.15) is 0 Å². The van der Waals surface area contributed by atoms with Crippen molar-refractivity contribution in [2.45, 2.75) is 12.0 Å². The fourth-order valence-electron chi connectivity index (χ4n) is 1.53. The first-order valence-corrected chi connectivity index (χ1v) is 5.45. The minimum Gasteiger partial charge on any atom is -0.443 e. The molecule has 1 saturated heterocycles. The van der Waals surface area contributed by atoms with E-state index in [9.17, 15) is 18.0 Å². The molecule has 18 heavy (non-hydrogen) atoms. The molecule has 3 nitrogen and oxygen atoms in total. The van der Waals surface area contributed by atoms with Gasteiger partial charge in [-0.3, -0.25) is 0 Å². The van der Waals surface area contributed by atoms with Gasteiger partial charge >= 0.3 is 12.0 Å². The molecule has 1 fully saturated rings. The van der Waals surface area contributed by atoms with Crippen LogP contribution in [0.25, 0.3) is 0 Å². The molecular weight excluding hydrogens is 338 g/mol. The van der Waals surface area contributed by atoms with Gasteiger partial charge in [0.05, 0.1) is 4.47 Å². The van der Waals surface area contributed by atoms with E-state index in [1.807, 2.05) is 5.32 Å². The number of hydrogen-bond donors (Lipinski definition) is 1. The smallest absolute Gasteiger partial charge is 0.408 e. The molecule has 1 atom stereocenters. The third-order valence-corrected chi connectivity index (χ3v) is 3.00. The van der Waals surface area contributed by atoms with Crippen LogP contribution in [0.5, 0.6) is 0 Å². The second-order valence-corrected chi connectivity index (χ2v) is 4.44. The van der Waals surface area contributed by atoms with Crippen molar-refractivity contribution in [2.75, 3.05) is 6.61 Å². The number of amides is 1. The van der Waals surface area contributed by atoms with Crippen molar-refractivity contribution in [3.05, 3.63) is 34.1 Å². The number of cyclic esters (lactones) is 1. The molecule has 0 radical (unpaired) electrons. The summed E-state index contributed by atoms with van der Waals surface area (Å²) >= 11 is 2.92. The number of rotatable bonds is 1. The highest BCUT2D eigenvalue weighted by Crippen LogP contribution is 2.35. The van der Waals surface area contributed by atoms with Gasteiger partial charge in [0, 0.05) is 0 Å². The summed E-state index contributed by atoms with van der Waals surface area (Å²) in [5.74, 6) is -3.94. The fraction of sp³-hybridized carbons (Fsp3) is 0.300. The van der Waals surface area contributed by atoms with Crippen LogP contribution in [0.4, 0.5) is 18.0 Å².